The van der Waals surface area contributed by atoms with Gasteiger partial charge in [0.15, 0.2) is 5.78 Å². The van der Waals surface area contributed by atoms with Crippen LogP contribution in [0, 0.1) is 5.92 Å². The van der Waals surface area contributed by atoms with Crippen LogP contribution in [0.15, 0.2) is 15.9 Å². The van der Waals surface area contributed by atoms with E-state index < -0.39 is 0 Å². The van der Waals surface area contributed by atoms with Gasteiger partial charge in [-0.2, -0.15) is 0 Å². The Balaban J connectivity index is 1.90. The molecule has 1 aliphatic heterocycles. The van der Waals surface area contributed by atoms with E-state index in [1.165, 1.54) is 11.3 Å². The van der Waals surface area contributed by atoms with Gasteiger partial charge in [-0.3, -0.25) is 14.5 Å². The van der Waals surface area contributed by atoms with Crippen molar-refractivity contribution in [1.29, 1.82) is 0 Å². The molecular weight excluding hydrogens is 304 g/mol. The Hall–Kier alpha value is -0.720. The van der Waals surface area contributed by atoms with E-state index in [9.17, 15) is 9.59 Å². The zero-order chi connectivity index (χ0) is 12.4. The van der Waals surface area contributed by atoms with Gasteiger partial charge < -0.3 is 5.73 Å². The summed E-state index contributed by atoms with van der Waals surface area (Å²) >= 11 is 4.77. The topological polar surface area (TPSA) is 63.4 Å². The molecule has 1 fully saturated rings. The molecule has 1 unspecified atom stereocenters. The van der Waals surface area contributed by atoms with Crippen LogP contribution in [0.1, 0.15) is 16.1 Å². The second-order valence-electron chi connectivity index (χ2n) is 4.15. The van der Waals surface area contributed by atoms with Crippen molar-refractivity contribution in [2.75, 3.05) is 19.6 Å². The van der Waals surface area contributed by atoms with Gasteiger partial charge in [0.05, 0.1) is 21.1 Å². The number of carbonyl (C=O) groups is 2. The first-order valence-electron chi connectivity index (χ1n) is 5.36. The van der Waals surface area contributed by atoms with Crippen molar-refractivity contribution in [3.63, 3.8) is 0 Å². The van der Waals surface area contributed by atoms with Crippen LogP contribution in [0.4, 0.5) is 0 Å². The summed E-state index contributed by atoms with van der Waals surface area (Å²) in [5.41, 5.74) is 5.25. The van der Waals surface area contributed by atoms with E-state index in [4.69, 9.17) is 5.73 Å². The lowest BCUT2D eigenvalue weighted by atomic mass is 10.1. The van der Waals surface area contributed by atoms with Gasteiger partial charge in [-0.25, -0.2) is 0 Å². The van der Waals surface area contributed by atoms with Crippen molar-refractivity contribution in [2.24, 2.45) is 11.7 Å². The molecule has 1 saturated heterocycles. The fourth-order valence-corrected chi connectivity index (χ4v) is 3.27. The molecule has 1 amide bonds. The maximum Gasteiger partial charge on any atom is 0.221 e. The van der Waals surface area contributed by atoms with Crippen LogP contribution in [-0.4, -0.2) is 36.2 Å². The van der Waals surface area contributed by atoms with E-state index in [1.807, 2.05) is 17.0 Å². The lowest BCUT2D eigenvalue weighted by molar-refractivity contribution is -0.121. The molecule has 2 N–H and O–H groups in total. The minimum absolute atomic E-state index is 0.0992. The Morgan fingerprint density at radius 2 is 2.29 bits per heavy atom. The monoisotopic (exact) mass is 316 g/mol. The summed E-state index contributed by atoms with van der Waals surface area (Å²) in [5, 5.41) is 0. The van der Waals surface area contributed by atoms with Crippen molar-refractivity contribution >= 4 is 39.0 Å². The lowest BCUT2D eigenvalue weighted by Crippen LogP contribution is -2.30. The molecule has 4 nitrogen and oxygen atoms in total. The van der Waals surface area contributed by atoms with E-state index in [2.05, 4.69) is 15.9 Å². The molecule has 0 radical (unpaired) electrons. The van der Waals surface area contributed by atoms with E-state index in [-0.39, 0.29) is 17.6 Å². The van der Waals surface area contributed by atoms with Gasteiger partial charge in [0.1, 0.15) is 0 Å². The van der Waals surface area contributed by atoms with Gasteiger partial charge in [-0.05, 0) is 41.0 Å². The highest BCUT2D eigenvalue weighted by molar-refractivity contribution is 9.11. The number of Topliss-reactive ketones (excluding diaryl/α,β-unsaturated/α-hetero) is 1. The van der Waals surface area contributed by atoms with Crippen molar-refractivity contribution in [3.05, 3.63) is 20.8 Å². The summed E-state index contributed by atoms with van der Waals surface area (Å²) < 4.78 is 0.956. The first-order chi connectivity index (χ1) is 8.06. The summed E-state index contributed by atoms with van der Waals surface area (Å²) in [4.78, 5) is 25.7. The minimum Gasteiger partial charge on any atom is -0.369 e. The molecule has 0 aliphatic carbocycles. The van der Waals surface area contributed by atoms with Gasteiger partial charge in [0, 0.05) is 6.54 Å². The lowest BCUT2D eigenvalue weighted by Gasteiger charge is -2.13. The van der Waals surface area contributed by atoms with Crippen LogP contribution >= 0.6 is 27.3 Å². The van der Waals surface area contributed by atoms with E-state index in [0.29, 0.717) is 13.1 Å². The first kappa shape index (κ1) is 12.7. The molecular formula is C11H13BrN2O2S. The number of amides is 1. The Labute approximate surface area is 112 Å². The average Bonchev–Trinajstić information content (AvgIpc) is 2.86. The third-order valence-corrected chi connectivity index (χ3v) is 4.55. The van der Waals surface area contributed by atoms with Gasteiger partial charge in [0.2, 0.25) is 5.91 Å². The SMILES string of the molecule is NC(=O)C1CCN(CC(=O)c2ccc(Br)s2)C1. The van der Waals surface area contributed by atoms with E-state index in [1.54, 1.807) is 0 Å². The van der Waals surface area contributed by atoms with Gasteiger partial charge in [0.25, 0.3) is 0 Å². The second kappa shape index (κ2) is 5.29. The predicted molar refractivity (Wildman–Crippen MR) is 70.1 cm³/mol. The Kier molecular flexibility index (Phi) is 3.96. The first-order valence-corrected chi connectivity index (χ1v) is 6.97. The normalized spacial score (nSPS) is 20.6. The minimum atomic E-state index is -0.265. The number of carbonyl (C=O) groups excluding carboxylic acids is 2. The predicted octanol–water partition coefficient (Wildman–Crippen LogP) is 1.50. The summed E-state index contributed by atoms with van der Waals surface area (Å²) in [7, 11) is 0. The summed E-state index contributed by atoms with van der Waals surface area (Å²) in [5.74, 6) is -0.262. The maximum atomic E-state index is 11.9. The molecule has 6 heteroatoms. The number of rotatable bonds is 4. The molecule has 92 valence electrons. The zero-order valence-electron chi connectivity index (χ0n) is 9.19. The number of hydrogen-bond acceptors (Lipinski definition) is 4. The van der Waals surface area contributed by atoms with Gasteiger partial charge in [-0.1, -0.05) is 0 Å². The fourth-order valence-electron chi connectivity index (χ4n) is 1.95. The number of primary amides is 1. The number of likely N-dealkylation sites (tertiary alicyclic amines) is 1. The van der Waals surface area contributed by atoms with Crippen LogP contribution in [0.25, 0.3) is 0 Å². The fraction of sp³-hybridized carbons (Fsp3) is 0.455. The highest BCUT2D eigenvalue weighted by atomic mass is 79.9. The third-order valence-electron chi connectivity index (χ3n) is 2.89. The highest BCUT2D eigenvalue weighted by Gasteiger charge is 2.27. The Bertz CT molecular complexity index is 446. The van der Waals surface area contributed by atoms with E-state index in [0.717, 1.165) is 21.6 Å². The molecule has 0 aromatic carbocycles. The van der Waals surface area contributed by atoms with Gasteiger partial charge in [-0.15, -0.1) is 11.3 Å². The number of ketones is 1. The molecule has 1 atom stereocenters. The summed E-state index contributed by atoms with van der Waals surface area (Å²) in [6, 6.07) is 3.69. The Morgan fingerprint density at radius 3 is 2.82 bits per heavy atom. The van der Waals surface area contributed by atoms with Crippen molar-refractivity contribution in [2.45, 2.75) is 6.42 Å². The average molecular weight is 317 g/mol. The largest absolute Gasteiger partial charge is 0.369 e. The maximum absolute atomic E-state index is 11.9. The quantitative estimate of drug-likeness (QED) is 0.856. The molecule has 0 bridgehead atoms. The molecule has 2 heterocycles. The van der Waals surface area contributed by atoms with Crippen LogP contribution in [-0.2, 0) is 4.79 Å². The molecule has 0 saturated carbocycles. The van der Waals surface area contributed by atoms with Crippen LogP contribution in [0.3, 0.4) is 0 Å². The van der Waals surface area contributed by atoms with Crippen LogP contribution in [0.5, 0.6) is 0 Å². The van der Waals surface area contributed by atoms with Gasteiger partial charge >= 0.3 is 0 Å². The van der Waals surface area contributed by atoms with Crippen molar-refractivity contribution in [1.82, 2.24) is 4.90 Å². The van der Waals surface area contributed by atoms with Crippen LogP contribution < -0.4 is 5.73 Å². The van der Waals surface area contributed by atoms with Crippen molar-refractivity contribution in [3.8, 4) is 0 Å². The molecule has 17 heavy (non-hydrogen) atoms. The number of nitrogens with zero attached hydrogens (tertiary/aromatic N) is 1. The zero-order valence-corrected chi connectivity index (χ0v) is 11.6. The number of halogens is 1. The number of thiophene rings is 1. The number of nitrogens with two attached hydrogens (primary N) is 1. The van der Waals surface area contributed by atoms with Crippen LogP contribution in [0.2, 0.25) is 0 Å². The standard InChI is InChI=1S/C11H13BrN2O2S/c12-10-2-1-9(17-10)8(15)6-14-4-3-7(5-14)11(13)16/h1-2,7H,3-6H2,(H2,13,16). The van der Waals surface area contributed by atoms with E-state index >= 15 is 0 Å². The third kappa shape index (κ3) is 3.14. The molecule has 1 aromatic heterocycles. The number of hydrogen-bond donors (Lipinski definition) is 1. The summed E-state index contributed by atoms with van der Waals surface area (Å²) in [6.45, 7) is 1.75. The smallest absolute Gasteiger partial charge is 0.221 e. The molecule has 2 rings (SSSR count). The summed E-state index contributed by atoms with van der Waals surface area (Å²) in [6.07, 6.45) is 0.761. The highest BCUT2D eigenvalue weighted by Crippen LogP contribution is 2.23. The van der Waals surface area contributed by atoms with Crippen molar-refractivity contribution < 1.29 is 9.59 Å². The molecule has 1 aliphatic rings. The molecule has 1 aromatic rings. The second-order valence-corrected chi connectivity index (χ2v) is 6.61. The molecule has 0 spiro atoms. The Morgan fingerprint density at radius 1 is 1.53 bits per heavy atom.